The molecule has 7 aromatic heterocycles. The van der Waals surface area contributed by atoms with Gasteiger partial charge in [-0.05, 0) is 204 Å². The molecule has 23 rings (SSSR count). The summed E-state index contributed by atoms with van der Waals surface area (Å²) in [4.78, 5) is 18.6. The molecule has 8 heteroatoms. The highest BCUT2D eigenvalue weighted by Crippen LogP contribution is 2.51. The van der Waals surface area contributed by atoms with Crippen LogP contribution >= 0.6 is 34.0 Å². The maximum atomic E-state index is 4.42. The molecule has 0 atom stereocenters. The molecule has 0 unspecified atom stereocenters. The molecule has 101 heavy (non-hydrogen) atoms. The van der Waals surface area contributed by atoms with Gasteiger partial charge in [-0.1, -0.05) is 164 Å². The molecule has 0 saturated carbocycles. The third-order valence-electron chi connectivity index (χ3n) is 21.7. The highest BCUT2D eigenvalue weighted by atomic mass is 32.1. The fourth-order valence-electron chi connectivity index (χ4n) is 17.1. The van der Waals surface area contributed by atoms with Gasteiger partial charge >= 0.3 is 0 Å². The van der Waals surface area contributed by atoms with Crippen molar-refractivity contribution in [1.29, 1.82) is 0 Å². The quantitative estimate of drug-likeness (QED) is 0.149. The Bertz CT molecular complexity index is 7530. The van der Waals surface area contributed by atoms with Crippen molar-refractivity contribution in [1.82, 2.24) is 19.9 Å². The normalized spacial score (nSPS) is 12.4. The summed E-state index contributed by atoms with van der Waals surface area (Å²) in [5, 5.41) is 24.9. The highest BCUT2D eigenvalue weighted by Gasteiger charge is 2.24. The molecule has 0 fully saturated rings. The van der Waals surface area contributed by atoms with E-state index in [0.717, 1.165) is 55.6 Å². The van der Waals surface area contributed by atoms with E-state index in [4.69, 9.17) is 0 Å². The Hall–Kier alpha value is -12.4. The van der Waals surface area contributed by atoms with Gasteiger partial charge in [0.2, 0.25) is 0 Å². The highest BCUT2D eigenvalue weighted by molar-refractivity contribution is 7.26. The van der Waals surface area contributed by atoms with E-state index in [-0.39, 0.29) is 0 Å². The lowest BCUT2D eigenvalue weighted by atomic mass is 9.91. The smallest absolute Gasteiger partial charge is 0.0551 e. The Morgan fingerprint density at radius 1 is 0.248 bits per heavy atom. The van der Waals surface area contributed by atoms with Crippen molar-refractivity contribution >= 4 is 220 Å². The van der Waals surface area contributed by atoms with Crippen LogP contribution in [0.15, 0.2) is 304 Å². The van der Waals surface area contributed by atoms with E-state index >= 15 is 0 Å². The van der Waals surface area contributed by atoms with Crippen LogP contribution in [0.1, 0.15) is 0 Å². The summed E-state index contributed by atoms with van der Waals surface area (Å²) in [6.45, 7) is 0. The van der Waals surface area contributed by atoms with Crippen LogP contribution in [0.5, 0.6) is 0 Å². The maximum absolute atomic E-state index is 4.42. The first-order chi connectivity index (χ1) is 50.0. The predicted octanol–water partition coefficient (Wildman–Crippen LogP) is 27.8. The first-order valence-corrected chi connectivity index (χ1v) is 36.8. The van der Waals surface area contributed by atoms with Crippen LogP contribution < -0.4 is 4.90 Å². The first-order valence-electron chi connectivity index (χ1n) is 34.4. The Morgan fingerprint density at radius 3 is 1.69 bits per heavy atom. The SMILES string of the molecule is c1ccc(-c2ccc3[nH]c4cc5sc6ccc7c(-c8cc9[nH]c%10cc%11sc%12ccc(N(c%13ccccc%13)c%13cccc(-c%14c%15ccccc%15cc%15c%14[nH]c%14cc%16sc%17ccc(-c%18cccc%19cnccc%18%19)cc%17c%16cc%14%15)c%13)cc%12c%11cc%10c9c9ccccc89)cccc7c6c5cc4c3c2)cc1. The molecule has 3 N–H and O–H groups in total. The van der Waals surface area contributed by atoms with Crippen molar-refractivity contribution in [3.05, 3.63) is 304 Å². The second-order valence-corrected chi connectivity index (χ2v) is 30.4. The minimum atomic E-state index is 1.08. The van der Waals surface area contributed by atoms with Gasteiger partial charge in [-0.15, -0.1) is 34.0 Å². The summed E-state index contributed by atoms with van der Waals surface area (Å²) in [6, 6.07) is 109. The number of aromatic nitrogens is 4. The lowest BCUT2D eigenvalue weighted by Crippen LogP contribution is -2.09. The molecule has 5 nitrogen and oxygen atoms in total. The van der Waals surface area contributed by atoms with Gasteiger partial charge in [0.25, 0.3) is 0 Å². The molecule has 0 bridgehead atoms. The van der Waals surface area contributed by atoms with Gasteiger partial charge in [-0.2, -0.15) is 0 Å². The van der Waals surface area contributed by atoms with Gasteiger partial charge in [0.1, 0.15) is 0 Å². The zero-order valence-corrected chi connectivity index (χ0v) is 56.4. The summed E-state index contributed by atoms with van der Waals surface area (Å²) in [5.74, 6) is 0. The van der Waals surface area contributed by atoms with E-state index in [9.17, 15) is 0 Å². The van der Waals surface area contributed by atoms with E-state index in [1.54, 1.807) is 0 Å². The topological polar surface area (TPSA) is 63.5 Å². The van der Waals surface area contributed by atoms with Crippen molar-refractivity contribution in [3.63, 3.8) is 0 Å². The monoisotopic (exact) mass is 1340 g/mol. The van der Waals surface area contributed by atoms with E-state index in [1.807, 2.05) is 46.4 Å². The molecule has 0 saturated heterocycles. The Labute approximate surface area is 588 Å². The average Bonchev–Trinajstić information content (AvgIpc) is 1.27. The van der Waals surface area contributed by atoms with Gasteiger partial charge in [0.15, 0.2) is 0 Å². The van der Waals surface area contributed by atoms with Crippen LogP contribution in [0, 0.1) is 0 Å². The van der Waals surface area contributed by atoms with Crippen molar-refractivity contribution < 1.29 is 0 Å². The zero-order valence-electron chi connectivity index (χ0n) is 54.0. The van der Waals surface area contributed by atoms with Gasteiger partial charge in [-0.3, -0.25) is 4.98 Å². The number of pyridine rings is 1. The van der Waals surface area contributed by atoms with Crippen molar-refractivity contribution in [2.24, 2.45) is 0 Å². The largest absolute Gasteiger partial charge is 0.354 e. The molecule has 0 aliphatic heterocycles. The standard InChI is InChI=1S/C93H53N5S3/c1-3-14-51(15-4-1)52-28-32-79-69(39-52)70-44-78-89(47-80(70)95-79)101-86-35-31-65-63(26-13-27-67(65)92(78)86)68-46-83-91(66-24-10-9-23-64(66)68)77-45-75-73-42-59(30-34-85(73)100-88(75)49-82(77)96-83)98(57-19-5-2-6-20-57)58-21-11-17-55(38-58)90-62-22-8-7-16-53(62)41-76-71-43-74-72-40-54(60-25-12-18-56-50-94-37-36-61(56)60)29-33-84(72)99-87(74)48-81(71)97-93(76)90/h1-50,95-97H. The van der Waals surface area contributed by atoms with Gasteiger partial charge in [0, 0.05) is 161 Å². The summed E-state index contributed by atoms with van der Waals surface area (Å²) in [7, 11) is 0. The lowest BCUT2D eigenvalue weighted by molar-refractivity contribution is 1.29. The predicted molar refractivity (Wildman–Crippen MR) is 437 cm³/mol. The second-order valence-electron chi connectivity index (χ2n) is 27.1. The Morgan fingerprint density at radius 2 is 0.822 bits per heavy atom. The van der Waals surface area contributed by atoms with Crippen LogP contribution in [0.25, 0.3) is 214 Å². The number of hydrogen-bond donors (Lipinski definition) is 3. The van der Waals surface area contributed by atoms with Crippen molar-refractivity contribution in [2.75, 3.05) is 4.90 Å². The van der Waals surface area contributed by atoms with Gasteiger partial charge in [0.05, 0.1) is 5.52 Å². The van der Waals surface area contributed by atoms with E-state index < -0.39 is 0 Å². The third kappa shape index (κ3) is 8.26. The summed E-state index contributed by atoms with van der Waals surface area (Å²) >= 11 is 5.62. The number of aromatic amines is 3. The number of thiophene rings is 3. The number of nitrogens with one attached hydrogen (secondary N) is 3. The molecule has 0 aliphatic rings. The van der Waals surface area contributed by atoms with Crippen LogP contribution in [-0.2, 0) is 0 Å². The molecular weight excluding hydrogens is 1280 g/mol. The van der Waals surface area contributed by atoms with Crippen LogP contribution in [0.2, 0.25) is 0 Å². The van der Waals surface area contributed by atoms with Crippen molar-refractivity contribution in [2.45, 2.75) is 0 Å². The number of hydrogen-bond acceptors (Lipinski definition) is 5. The lowest BCUT2D eigenvalue weighted by Gasteiger charge is -2.26. The molecule has 16 aromatic carbocycles. The van der Waals surface area contributed by atoms with E-state index in [1.165, 1.54) is 175 Å². The zero-order chi connectivity index (χ0) is 65.7. The minimum Gasteiger partial charge on any atom is -0.354 e. The van der Waals surface area contributed by atoms with Crippen molar-refractivity contribution in [3.8, 4) is 44.5 Å². The average molecular weight is 1340 g/mol. The molecule has 23 aromatic rings. The Kier molecular flexibility index (Phi) is 11.6. The molecule has 7 heterocycles. The minimum absolute atomic E-state index is 1.08. The first kappa shape index (κ1) is 55.6. The molecule has 468 valence electrons. The van der Waals surface area contributed by atoms with Crippen LogP contribution in [-0.4, -0.2) is 19.9 Å². The van der Waals surface area contributed by atoms with Gasteiger partial charge in [-0.25, -0.2) is 0 Å². The number of H-pyrrole nitrogens is 3. The number of anilines is 3. The second kappa shape index (κ2) is 21.1. The van der Waals surface area contributed by atoms with E-state index in [0.29, 0.717) is 0 Å². The maximum Gasteiger partial charge on any atom is 0.0551 e. The third-order valence-corrected chi connectivity index (χ3v) is 25.0. The molecular formula is C93H53N5S3. The van der Waals surface area contributed by atoms with Gasteiger partial charge < -0.3 is 19.9 Å². The summed E-state index contributed by atoms with van der Waals surface area (Å²) < 4.78 is 7.66. The number of para-hydroxylation sites is 1. The molecule has 0 aliphatic carbocycles. The molecule has 0 amide bonds. The van der Waals surface area contributed by atoms with Crippen LogP contribution in [0.3, 0.4) is 0 Å². The van der Waals surface area contributed by atoms with Crippen LogP contribution in [0.4, 0.5) is 17.1 Å². The number of nitrogens with zero attached hydrogens (tertiary/aromatic N) is 2. The summed E-state index contributed by atoms with van der Waals surface area (Å²) in [5.41, 5.74) is 19.9. The number of rotatable bonds is 7. The fraction of sp³-hybridized carbons (Fsp3) is 0. The number of benzene rings is 16. The fourth-order valence-corrected chi connectivity index (χ4v) is 20.5. The summed E-state index contributed by atoms with van der Waals surface area (Å²) in [6.07, 6.45) is 3.85. The van der Waals surface area contributed by atoms with E-state index in [2.05, 4.69) is 316 Å². The molecule has 0 spiro atoms. The Balaban J connectivity index is 0.644. The number of fused-ring (bicyclic) bond motifs is 24. The molecule has 0 radical (unpaired) electrons.